The summed E-state index contributed by atoms with van der Waals surface area (Å²) in [6, 6.07) is 8.61. The molecule has 3 aliphatic heterocycles. The summed E-state index contributed by atoms with van der Waals surface area (Å²) in [5, 5.41) is 30.2. The van der Waals surface area contributed by atoms with Crippen molar-refractivity contribution in [2.24, 2.45) is 39.5 Å². The quantitative estimate of drug-likeness (QED) is 0.0504. The number of amides is 2. The largest absolute Gasteiger partial charge is 0.744 e. The number of carbonyl (C=O) groups excluding carboxylic acids is 3. The van der Waals surface area contributed by atoms with Gasteiger partial charge in [0.15, 0.2) is 0 Å². The Labute approximate surface area is 453 Å². The zero-order valence-corrected chi connectivity index (χ0v) is 46.6. The first-order valence-electron chi connectivity index (χ1n) is 27.3. The Bertz CT molecular complexity index is 3070. The van der Waals surface area contributed by atoms with Gasteiger partial charge >= 0.3 is 5.97 Å². The maximum atomic E-state index is 12.9. The van der Waals surface area contributed by atoms with Crippen LogP contribution in [0.2, 0.25) is 0 Å². The molecule has 0 radical (unpaired) electrons. The van der Waals surface area contributed by atoms with Crippen molar-refractivity contribution < 1.29 is 60.0 Å². The first kappa shape index (κ1) is 56.7. The van der Waals surface area contributed by atoms with Gasteiger partial charge in [-0.05, 0) is 159 Å². The predicted octanol–water partition coefficient (Wildman–Crippen LogP) is 7.06. The number of allylic oxidation sites excluding steroid dienone is 6. The second-order valence-corrected chi connectivity index (χ2v) is 26.8. The van der Waals surface area contributed by atoms with Gasteiger partial charge in [0.2, 0.25) is 11.8 Å². The molecule has 17 nitrogen and oxygen atoms in total. The Balaban J connectivity index is 0.707. The fourth-order valence-electron chi connectivity index (χ4n) is 14.8. The number of benzene rings is 2. The highest BCUT2D eigenvalue weighted by molar-refractivity contribution is 7.86. The van der Waals surface area contributed by atoms with Crippen LogP contribution >= 0.6 is 0 Å². The van der Waals surface area contributed by atoms with Crippen LogP contribution < -0.4 is 15.5 Å². The molecule has 7 aliphatic rings. The molecular weight excluding hydrogens is 1020 g/mol. The summed E-state index contributed by atoms with van der Waals surface area (Å²) in [5.41, 5.74) is 1.98. The molecule has 4 aliphatic carbocycles. The van der Waals surface area contributed by atoms with E-state index in [4.69, 9.17) is 9.47 Å². The minimum Gasteiger partial charge on any atom is -0.744 e. The number of esters is 1. The van der Waals surface area contributed by atoms with Crippen LogP contribution in [0.15, 0.2) is 98.9 Å². The van der Waals surface area contributed by atoms with Crippen LogP contribution in [0.5, 0.6) is 0 Å². The zero-order chi connectivity index (χ0) is 55.5. The van der Waals surface area contributed by atoms with Crippen molar-refractivity contribution in [1.82, 2.24) is 10.6 Å². The van der Waals surface area contributed by atoms with Gasteiger partial charge in [-0.25, -0.2) is 21.6 Å². The normalized spacial score (nSPS) is 31.6. The molecule has 4 fully saturated rings. The first-order valence-corrected chi connectivity index (χ1v) is 30.1. The summed E-state index contributed by atoms with van der Waals surface area (Å²) in [7, 11) is -9.33. The molecule has 4 saturated carbocycles. The standard InChI is InChI=1S/C58H76N4O13S2/c1-54(2)44-31-39(76(68,69)70)17-20-46(44)61-48(54)13-9-7-10-14-49-55(3,4)45-32-40(77(71,72)73)18-21-47(45)62(49)28-12-8-11-15-51(64)59-26-27-60-52(65)35-74-38-22-24-56(5)37(30-38)16-19-42-43(56)33-50(63)57(6)41(23-25-58(42,57)67)36-29-53(66)75-34-36/h7,9-10,13-14,17-18,20-21,29,31-32,37-38,41-43,50,63,67H,8,11-12,15-16,19,22-28,30,33-35H2,1-6H3,(H,59,64)(H,60,65)(H,68,69,70)(H,71,72,73)/p-2/b10-7+,13-9+,49-14-/t37-,38+,41?,42?,43?,50-,56+,57+,58+/m1/s1. The molecule has 9 atom stereocenters. The lowest BCUT2D eigenvalue weighted by Crippen LogP contribution is -2.67. The predicted molar refractivity (Wildman–Crippen MR) is 287 cm³/mol. The molecule has 4 N–H and O–H groups in total. The average Bonchev–Trinajstić information content (AvgIpc) is 4.31. The Kier molecular flexibility index (Phi) is 15.6. The molecule has 0 saturated heterocycles. The summed E-state index contributed by atoms with van der Waals surface area (Å²) in [4.78, 5) is 43.8. The molecule has 0 aromatic heterocycles. The third-order valence-corrected chi connectivity index (χ3v) is 20.9. The van der Waals surface area contributed by atoms with E-state index in [1.807, 2.05) is 65.0 Å². The van der Waals surface area contributed by atoms with E-state index in [1.165, 1.54) is 30.3 Å². The van der Waals surface area contributed by atoms with Gasteiger partial charge in [-0.1, -0.05) is 66.2 Å². The number of hydrogen-bond donors (Lipinski definition) is 4. The van der Waals surface area contributed by atoms with Gasteiger partial charge < -0.3 is 44.3 Å². The maximum Gasteiger partial charge on any atom is 0.331 e. The van der Waals surface area contributed by atoms with Crippen LogP contribution in [-0.4, -0.2) is 110 Å². The van der Waals surface area contributed by atoms with Crippen LogP contribution in [0.25, 0.3) is 0 Å². The number of nitrogens with one attached hydrogen (secondary N) is 2. The van der Waals surface area contributed by atoms with Crippen molar-refractivity contribution in [3.8, 4) is 0 Å². The number of hydrogen-bond acceptors (Lipinski definition) is 15. The number of anilines is 1. The molecule has 3 heterocycles. The van der Waals surface area contributed by atoms with E-state index in [2.05, 4.69) is 27.4 Å². The molecule has 418 valence electrons. The Morgan fingerprint density at radius 2 is 1.53 bits per heavy atom. The van der Waals surface area contributed by atoms with Crippen LogP contribution in [0.3, 0.4) is 0 Å². The number of nitrogens with zero attached hydrogens (tertiary/aromatic N) is 2. The van der Waals surface area contributed by atoms with Gasteiger partial charge in [0.1, 0.15) is 33.5 Å². The second kappa shape index (κ2) is 21.2. The highest BCUT2D eigenvalue weighted by Gasteiger charge is 2.71. The monoisotopic (exact) mass is 1100 g/mol. The summed E-state index contributed by atoms with van der Waals surface area (Å²) < 4.78 is 82.6. The zero-order valence-electron chi connectivity index (χ0n) is 45.0. The van der Waals surface area contributed by atoms with Gasteiger partial charge in [0.05, 0.1) is 39.0 Å². The molecule has 0 bridgehead atoms. The molecule has 19 heteroatoms. The topological polar surface area (TPSA) is 264 Å². The summed E-state index contributed by atoms with van der Waals surface area (Å²) in [6.07, 6.45) is 18.6. The highest BCUT2D eigenvalue weighted by Crippen LogP contribution is 2.70. The van der Waals surface area contributed by atoms with E-state index in [1.54, 1.807) is 12.1 Å². The lowest BCUT2D eigenvalue weighted by molar-refractivity contribution is -0.245. The minimum atomic E-state index is -4.70. The van der Waals surface area contributed by atoms with Crippen molar-refractivity contribution in [2.75, 3.05) is 37.7 Å². The average molecular weight is 1100 g/mol. The van der Waals surface area contributed by atoms with Gasteiger partial charge in [-0.15, -0.1) is 0 Å². The van der Waals surface area contributed by atoms with Crippen molar-refractivity contribution in [2.45, 2.75) is 157 Å². The Hall–Kier alpha value is -5.02. The Morgan fingerprint density at radius 1 is 0.831 bits per heavy atom. The molecule has 2 aromatic rings. The molecular formula is C58H74N4O13S2-2. The smallest absolute Gasteiger partial charge is 0.331 e. The van der Waals surface area contributed by atoms with Crippen LogP contribution in [0, 0.1) is 34.5 Å². The second-order valence-electron chi connectivity index (χ2n) is 24.0. The lowest BCUT2D eigenvalue weighted by Gasteiger charge is -2.65. The van der Waals surface area contributed by atoms with E-state index in [0.717, 1.165) is 61.9 Å². The number of rotatable bonds is 18. The summed E-state index contributed by atoms with van der Waals surface area (Å²) >= 11 is 0. The number of aliphatic hydroxyl groups is 2. The molecule has 2 aromatic carbocycles. The summed E-state index contributed by atoms with van der Waals surface area (Å²) in [5.74, 6) is -0.276. The number of cyclic esters (lactones) is 1. The van der Waals surface area contributed by atoms with E-state index in [-0.39, 0.29) is 83.2 Å². The van der Waals surface area contributed by atoms with Gasteiger partial charge in [0, 0.05) is 59.8 Å². The SMILES string of the molecule is CC1(C)C(/C=C/C=C/C=C2\N(CCCCCC(=O)NCCNC(=O)CO[C@H]3CC[C@]4(C)C5C[C@@H](O)[C@]6(C)C(C7=CC(=O)OC7)CC[C@]6(O)C5CC[C@@H]4C3)c3ccc(S(=O)(=O)[O-])cc3C2(C)C)=Nc2ccc(S(=O)(=O)[O-])cc21. The number of aliphatic hydroxyl groups excluding tert-OH is 1. The van der Waals surface area contributed by atoms with Crippen molar-refractivity contribution in [3.05, 3.63) is 95.3 Å². The van der Waals surface area contributed by atoms with Crippen molar-refractivity contribution in [1.29, 1.82) is 0 Å². The van der Waals surface area contributed by atoms with Crippen molar-refractivity contribution >= 4 is 55.1 Å². The van der Waals surface area contributed by atoms with E-state index < -0.39 is 48.2 Å². The van der Waals surface area contributed by atoms with Gasteiger partial charge in [-0.2, -0.15) is 0 Å². The molecule has 9 rings (SSSR count). The minimum absolute atomic E-state index is 0.0546. The third kappa shape index (κ3) is 10.7. The number of carbonyl (C=O) groups is 3. The number of aliphatic imine (C=N–C) groups is 1. The number of fused-ring (bicyclic) bond motifs is 7. The lowest BCUT2D eigenvalue weighted by atomic mass is 9.42. The van der Waals surface area contributed by atoms with E-state index in [0.29, 0.717) is 67.1 Å². The molecule has 2 amide bonds. The van der Waals surface area contributed by atoms with Crippen LogP contribution in [0.4, 0.5) is 11.4 Å². The van der Waals surface area contributed by atoms with E-state index in [9.17, 15) is 50.5 Å². The van der Waals surface area contributed by atoms with Crippen molar-refractivity contribution in [3.63, 3.8) is 0 Å². The first-order chi connectivity index (χ1) is 36.2. The molecule has 0 spiro atoms. The van der Waals surface area contributed by atoms with E-state index >= 15 is 0 Å². The summed E-state index contributed by atoms with van der Waals surface area (Å²) in [6.45, 7) is 13.3. The van der Waals surface area contributed by atoms with Gasteiger partial charge in [-0.3, -0.25) is 14.6 Å². The highest BCUT2D eigenvalue weighted by atomic mass is 32.2. The Morgan fingerprint density at radius 3 is 2.23 bits per heavy atom. The number of unbranched alkanes of at least 4 members (excludes halogenated alkanes) is 2. The van der Waals surface area contributed by atoms with Crippen LogP contribution in [0.1, 0.15) is 130 Å². The fraction of sp³-hybridized carbons (Fsp3) is 0.586. The fourth-order valence-corrected chi connectivity index (χ4v) is 15.8. The molecule has 3 unspecified atom stereocenters. The van der Waals surface area contributed by atoms with Crippen LogP contribution in [-0.2, 0) is 54.9 Å². The molecule has 77 heavy (non-hydrogen) atoms. The maximum absolute atomic E-state index is 12.9. The van der Waals surface area contributed by atoms with Gasteiger partial charge in [0.25, 0.3) is 0 Å². The number of ether oxygens (including phenoxy) is 2. The third-order valence-electron chi connectivity index (χ3n) is 19.2.